The molecule has 1 amide bonds. The number of ether oxygens (including phenoxy) is 1. The molecule has 0 radical (unpaired) electrons. The number of hydrogen-bond acceptors (Lipinski definition) is 3. The van der Waals surface area contributed by atoms with E-state index in [1.807, 2.05) is 0 Å². The van der Waals surface area contributed by atoms with Gasteiger partial charge in [-0.25, -0.2) is 4.39 Å². The molecule has 1 aromatic carbocycles. The molecular formula is C12H14ClF3N2O2. The Morgan fingerprint density at radius 3 is 2.80 bits per heavy atom. The maximum absolute atomic E-state index is 13.0. The Balaban J connectivity index is 0.00000200. The van der Waals surface area contributed by atoms with Gasteiger partial charge in [0.1, 0.15) is 5.82 Å². The van der Waals surface area contributed by atoms with Crippen molar-refractivity contribution >= 4 is 24.0 Å². The van der Waals surface area contributed by atoms with Gasteiger partial charge < -0.3 is 15.4 Å². The summed E-state index contributed by atoms with van der Waals surface area (Å²) in [5.41, 5.74) is 0.0404. The van der Waals surface area contributed by atoms with E-state index in [0.29, 0.717) is 13.0 Å². The van der Waals surface area contributed by atoms with Gasteiger partial charge in [-0.05, 0) is 25.1 Å². The molecule has 1 unspecified atom stereocenters. The highest BCUT2D eigenvalue weighted by molar-refractivity contribution is 5.94. The lowest BCUT2D eigenvalue weighted by molar-refractivity contribution is -0.119. The van der Waals surface area contributed by atoms with E-state index in [1.165, 1.54) is 6.07 Å². The van der Waals surface area contributed by atoms with Crippen LogP contribution in [0, 0.1) is 11.7 Å². The molecule has 2 rings (SSSR count). The number of carbonyl (C=O) groups excluding carboxylic acids is 1. The Bertz CT molecular complexity index is 468. The number of carbonyl (C=O) groups is 1. The monoisotopic (exact) mass is 310 g/mol. The smallest absolute Gasteiger partial charge is 0.387 e. The first-order valence-electron chi connectivity index (χ1n) is 5.82. The van der Waals surface area contributed by atoms with Crippen molar-refractivity contribution in [1.29, 1.82) is 0 Å². The molecule has 1 fully saturated rings. The highest BCUT2D eigenvalue weighted by Crippen LogP contribution is 2.27. The summed E-state index contributed by atoms with van der Waals surface area (Å²) in [7, 11) is 0. The topological polar surface area (TPSA) is 50.4 Å². The lowest BCUT2D eigenvalue weighted by Gasteiger charge is -2.14. The third kappa shape index (κ3) is 4.28. The predicted molar refractivity (Wildman–Crippen MR) is 69.9 cm³/mol. The van der Waals surface area contributed by atoms with Gasteiger partial charge in [-0.3, -0.25) is 4.79 Å². The fourth-order valence-corrected chi connectivity index (χ4v) is 1.91. The van der Waals surface area contributed by atoms with Crippen LogP contribution in [0.3, 0.4) is 0 Å². The first kappa shape index (κ1) is 16.6. The normalized spacial score (nSPS) is 17.7. The molecule has 2 N–H and O–H groups in total. The number of nitrogens with one attached hydrogen (secondary N) is 2. The summed E-state index contributed by atoms with van der Waals surface area (Å²) in [6.45, 7) is -1.80. The van der Waals surface area contributed by atoms with E-state index in [4.69, 9.17) is 0 Å². The van der Waals surface area contributed by atoms with Crippen LogP contribution in [-0.4, -0.2) is 25.6 Å². The summed E-state index contributed by atoms with van der Waals surface area (Å²) >= 11 is 0. The lowest BCUT2D eigenvalue weighted by atomic mass is 10.1. The van der Waals surface area contributed by atoms with Gasteiger partial charge in [0, 0.05) is 12.6 Å². The van der Waals surface area contributed by atoms with Gasteiger partial charge in [0.25, 0.3) is 0 Å². The van der Waals surface area contributed by atoms with Crippen molar-refractivity contribution in [3.05, 3.63) is 24.0 Å². The van der Waals surface area contributed by atoms with Gasteiger partial charge in [0.15, 0.2) is 5.75 Å². The van der Waals surface area contributed by atoms with Crippen LogP contribution in [0.2, 0.25) is 0 Å². The lowest BCUT2D eigenvalue weighted by Crippen LogP contribution is -2.25. The van der Waals surface area contributed by atoms with Crippen LogP contribution in [0.1, 0.15) is 6.42 Å². The first-order chi connectivity index (χ1) is 9.06. The fourth-order valence-electron chi connectivity index (χ4n) is 1.91. The average Bonchev–Trinajstić information content (AvgIpc) is 2.85. The molecular weight excluding hydrogens is 297 g/mol. The molecule has 1 aliphatic heterocycles. The van der Waals surface area contributed by atoms with Crippen molar-refractivity contribution in [2.75, 3.05) is 18.4 Å². The Morgan fingerprint density at radius 1 is 1.45 bits per heavy atom. The van der Waals surface area contributed by atoms with E-state index >= 15 is 0 Å². The van der Waals surface area contributed by atoms with Crippen LogP contribution in [0.5, 0.6) is 5.75 Å². The number of amides is 1. The summed E-state index contributed by atoms with van der Waals surface area (Å²) in [5, 5.41) is 5.50. The Labute approximate surface area is 120 Å². The van der Waals surface area contributed by atoms with Crippen LogP contribution in [0.25, 0.3) is 0 Å². The van der Waals surface area contributed by atoms with Crippen LogP contribution in [0.4, 0.5) is 18.9 Å². The SMILES string of the molecule is Cl.O=C(Nc1ccc(F)cc1OC(F)F)C1CCNC1. The summed E-state index contributed by atoms with van der Waals surface area (Å²) in [5.74, 6) is -1.61. The van der Waals surface area contributed by atoms with Crippen LogP contribution in [-0.2, 0) is 4.79 Å². The third-order valence-corrected chi connectivity index (χ3v) is 2.85. The average molecular weight is 311 g/mol. The minimum absolute atomic E-state index is 0. The fraction of sp³-hybridized carbons (Fsp3) is 0.417. The predicted octanol–water partition coefficient (Wildman–Crippen LogP) is 2.40. The molecule has 20 heavy (non-hydrogen) atoms. The molecule has 0 aromatic heterocycles. The Hall–Kier alpha value is -1.47. The molecule has 112 valence electrons. The van der Waals surface area contributed by atoms with Crippen molar-refractivity contribution in [1.82, 2.24) is 5.32 Å². The van der Waals surface area contributed by atoms with Crippen molar-refractivity contribution < 1.29 is 22.7 Å². The maximum Gasteiger partial charge on any atom is 0.387 e. The van der Waals surface area contributed by atoms with E-state index in [9.17, 15) is 18.0 Å². The molecule has 1 aromatic rings. The number of halogens is 4. The summed E-state index contributed by atoms with van der Waals surface area (Å²) in [6.07, 6.45) is 0.679. The molecule has 4 nitrogen and oxygen atoms in total. The molecule has 1 atom stereocenters. The second-order valence-electron chi connectivity index (χ2n) is 4.20. The van der Waals surface area contributed by atoms with Gasteiger partial charge in [-0.1, -0.05) is 0 Å². The first-order valence-corrected chi connectivity index (χ1v) is 5.82. The molecule has 0 aliphatic carbocycles. The van der Waals surface area contributed by atoms with E-state index in [0.717, 1.165) is 18.7 Å². The zero-order chi connectivity index (χ0) is 13.8. The van der Waals surface area contributed by atoms with E-state index in [-0.39, 0.29) is 35.7 Å². The summed E-state index contributed by atoms with van der Waals surface area (Å²) in [4.78, 5) is 11.8. The molecule has 1 aliphatic rings. The summed E-state index contributed by atoms with van der Waals surface area (Å²) < 4.78 is 41.6. The van der Waals surface area contributed by atoms with Crippen molar-refractivity contribution in [2.24, 2.45) is 5.92 Å². The Kier molecular flexibility index (Phi) is 6.09. The zero-order valence-corrected chi connectivity index (χ0v) is 11.2. The van der Waals surface area contributed by atoms with Crippen molar-refractivity contribution in [2.45, 2.75) is 13.0 Å². The van der Waals surface area contributed by atoms with Crippen LogP contribution in [0.15, 0.2) is 18.2 Å². The summed E-state index contributed by atoms with van der Waals surface area (Å²) in [6, 6.07) is 3.09. The molecule has 8 heteroatoms. The molecule has 0 saturated carbocycles. The molecule has 0 bridgehead atoms. The van der Waals surface area contributed by atoms with Crippen LogP contribution < -0.4 is 15.4 Å². The van der Waals surface area contributed by atoms with Gasteiger partial charge >= 0.3 is 6.61 Å². The van der Waals surface area contributed by atoms with E-state index < -0.39 is 12.4 Å². The highest BCUT2D eigenvalue weighted by atomic mass is 35.5. The van der Waals surface area contributed by atoms with Crippen LogP contribution >= 0.6 is 12.4 Å². The van der Waals surface area contributed by atoms with Gasteiger partial charge in [-0.2, -0.15) is 8.78 Å². The number of anilines is 1. The van der Waals surface area contributed by atoms with Gasteiger partial charge in [-0.15, -0.1) is 12.4 Å². The number of hydrogen-bond donors (Lipinski definition) is 2. The van der Waals surface area contributed by atoms with Gasteiger partial charge in [0.2, 0.25) is 5.91 Å². The second-order valence-corrected chi connectivity index (χ2v) is 4.20. The van der Waals surface area contributed by atoms with E-state index in [1.54, 1.807) is 0 Å². The van der Waals surface area contributed by atoms with E-state index in [2.05, 4.69) is 15.4 Å². The number of benzene rings is 1. The highest BCUT2D eigenvalue weighted by Gasteiger charge is 2.23. The largest absolute Gasteiger partial charge is 0.432 e. The number of alkyl halides is 2. The Morgan fingerprint density at radius 2 is 2.20 bits per heavy atom. The minimum atomic E-state index is -3.08. The van der Waals surface area contributed by atoms with Crippen molar-refractivity contribution in [3.8, 4) is 5.75 Å². The standard InChI is InChI=1S/C12H13F3N2O2.ClH/c13-8-1-2-9(10(5-8)19-12(14)15)17-11(18)7-3-4-16-6-7;/h1-2,5,7,12,16H,3-4,6H2,(H,17,18);1H. The molecule has 1 saturated heterocycles. The van der Waals surface area contributed by atoms with Gasteiger partial charge in [0.05, 0.1) is 11.6 Å². The quantitative estimate of drug-likeness (QED) is 0.898. The minimum Gasteiger partial charge on any atom is -0.432 e. The third-order valence-electron chi connectivity index (χ3n) is 2.85. The van der Waals surface area contributed by atoms with Crippen molar-refractivity contribution in [3.63, 3.8) is 0 Å². The maximum atomic E-state index is 13.0. The molecule has 0 spiro atoms. The second kappa shape index (κ2) is 7.35. The number of rotatable bonds is 4. The zero-order valence-electron chi connectivity index (χ0n) is 10.4. The molecule has 1 heterocycles.